The summed E-state index contributed by atoms with van der Waals surface area (Å²) in [5, 5.41) is 3.71. The number of rotatable bonds is 9. The fourth-order valence-corrected chi connectivity index (χ4v) is 3.52. The zero-order valence-corrected chi connectivity index (χ0v) is 21.2. The third kappa shape index (κ3) is 7.72. The molecule has 0 aromatic heterocycles. The van der Waals surface area contributed by atoms with Crippen LogP contribution < -0.4 is 19.5 Å². The number of benzene rings is 2. The normalized spacial score (nSPS) is 12.0. The molecule has 180 valence electrons. The molecule has 2 rings (SSSR count). The van der Waals surface area contributed by atoms with Crippen LogP contribution >= 0.6 is 23.2 Å². The van der Waals surface area contributed by atoms with Crippen molar-refractivity contribution in [3.05, 3.63) is 52.0 Å². The number of ether oxygens (including phenoxy) is 3. The lowest BCUT2D eigenvalue weighted by Crippen LogP contribution is -2.53. The van der Waals surface area contributed by atoms with E-state index in [9.17, 15) is 9.59 Å². The van der Waals surface area contributed by atoms with Crippen molar-refractivity contribution >= 4 is 35.0 Å². The number of hydrogen-bond donors (Lipinski definition) is 1. The van der Waals surface area contributed by atoms with Crippen LogP contribution in [-0.2, 0) is 16.1 Å². The van der Waals surface area contributed by atoms with Gasteiger partial charge in [0.1, 0.15) is 23.3 Å². The molecule has 0 saturated carbocycles. The van der Waals surface area contributed by atoms with Crippen LogP contribution in [-0.4, -0.2) is 49.1 Å². The largest absolute Gasteiger partial charge is 0.496 e. The smallest absolute Gasteiger partial charge is 0.261 e. The summed E-state index contributed by atoms with van der Waals surface area (Å²) in [7, 11) is 3.04. The summed E-state index contributed by atoms with van der Waals surface area (Å²) in [6, 6.07) is 9.26. The van der Waals surface area contributed by atoms with E-state index in [-0.39, 0.29) is 19.1 Å². The molecule has 0 heterocycles. The maximum absolute atomic E-state index is 13.2. The first-order chi connectivity index (χ1) is 15.4. The Morgan fingerprint density at radius 1 is 1.00 bits per heavy atom. The molecule has 2 amide bonds. The molecule has 0 bridgehead atoms. The molecule has 1 atom stereocenters. The molecule has 0 saturated heterocycles. The highest BCUT2D eigenvalue weighted by Gasteiger charge is 2.29. The van der Waals surface area contributed by atoms with E-state index >= 15 is 0 Å². The van der Waals surface area contributed by atoms with E-state index in [1.807, 2.05) is 20.8 Å². The van der Waals surface area contributed by atoms with Crippen LogP contribution in [0, 0.1) is 0 Å². The number of nitrogens with one attached hydrogen (secondary N) is 1. The van der Waals surface area contributed by atoms with Gasteiger partial charge in [-0.1, -0.05) is 29.3 Å². The summed E-state index contributed by atoms with van der Waals surface area (Å²) in [5.74, 6) is 0.720. The van der Waals surface area contributed by atoms with Gasteiger partial charge >= 0.3 is 0 Å². The van der Waals surface area contributed by atoms with Gasteiger partial charge in [0.05, 0.1) is 14.2 Å². The van der Waals surface area contributed by atoms with Crippen molar-refractivity contribution in [3.8, 4) is 17.2 Å². The standard InChI is InChI=1S/C24H30Cl2N2O5/c1-15(23(30)27-24(2,3)4)28(13-19-20(25)8-7-9-21(19)26)22(29)14-33-18-11-16(31-5)10-17(12-18)32-6/h7-12,15H,13-14H2,1-6H3,(H,27,30)/t15-/m1/s1. The fourth-order valence-electron chi connectivity index (χ4n) is 3.00. The molecule has 0 aliphatic heterocycles. The van der Waals surface area contributed by atoms with Crippen molar-refractivity contribution < 1.29 is 23.8 Å². The van der Waals surface area contributed by atoms with Gasteiger partial charge in [-0.2, -0.15) is 0 Å². The summed E-state index contributed by atoms with van der Waals surface area (Å²) in [4.78, 5) is 27.5. The second-order valence-electron chi connectivity index (χ2n) is 8.47. The van der Waals surface area contributed by atoms with Crippen LogP contribution in [0.15, 0.2) is 36.4 Å². The number of methoxy groups -OCH3 is 2. The summed E-state index contributed by atoms with van der Waals surface area (Å²) in [5.41, 5.74) is 0.0862. The number of halogens is 2. The fraction of sp³-hybridized carbons (Fsp3) is 0.417. The van der Waals surface area contributed by atoms with E-state index in [0.29, 0.717) is 32.9 Å². The van der Waals surface area contributed by atoms with E-state index in [1.165, 1.54) is 19.1 Å². The molecule has 0 spiro atoms. The molecule has 9 heteroatoms. The Bertz CT molecular complexity index is 949. The van der Waals surface area contributed by atoms with Gasteiger partial charge in [0.25, 0.3) is 5.91 Å². The van der Waals surface area contributed by atoms with Crippen LogP contribution in [0.25, 0.3) is 0 Å². The first kappa shape index (κ1) is 26.6. The molecule has 0 radical (unpaired) electrons. The van der Waals surface area contributed by atoms with Crippen LogP contribution in [0.5, 0.6) is 17.2 Å². The Kier molecular flexibility index (Phi) is 9.25. The van der Waals surface area contributed by atoms with E-state index in [4.69, 9.17) is 37.4 Å². The monoisotopic (exact) mass is 496 g/mol. The molecule has 0 aliphatic carbocycles. The molecule has 0 unspecified atom stereocenters. The van der Waals surface area contributed by atoms with Gasteiger partial charge in [0.15, 0.2) is 6.61 Å². The molecular weight excluding hydrogens is 467 g/mol. The first-order valence-corrected chi connectivity index (χ1v) is 11.1. The zero-order chi connectivity index (χ0) is 24.8. The Morgan fingerprint density at radius 3 is 2.00 bits per heavy atom. The lowest BCUT2D eigenvalue weighted by molar-refractivity contribution is -0.142. The molecule has 0 fully saturated rings. The average molecular weight is 497 g/mol. The lowest BCUT2D eigenvalue weighted by atomic mass is 10.1. The molecule has 0 aliphatic rings. The zero-order valence-electron chi connectivity index (χ0n) is 19.7. The van der Waals surface area contributed by atoms with Crippen LogP contribution in [0.4, 0.5) is 0 Å². The Hall–Kier alpha value is -2.64. The van der Waals surface area contributed by atoms with Crippen molar-refractivity contribution in [1.29, 1.82) is 0 Å². The quantitative estimate of drug-likeness (QED) is 0.543. The van der Waals surface area contributed by atoms with Gasteiger partial charge in [0, 0.05) is 45.9 Å². The lowest BCUT2D eigenvalue weighted by Gasteiger charge is -2.31. The second kappa shape index (κ2) is 11.5. The maximum Gasteiger partial charge on any atom is 0.261 e. The second-order valence-corrected chi connectivity index (χ2v) is 9.29. The molecule has 7 nitrogen and oxygen atoms in total. The van der Waals surface area contributed by atoms with Crippen LogP contribution in [0.2, 0.25) is 10.0 Å². The predicted octanol–water partition coefficient (Wildman–Crippen LogP) is 4.72. The third-order valence-corrected chi connectivity index (χ3v) is 5.45. The first-order valence-electron chi connectivity index (χ1n) is 10.4. The summed E-state index contributed by atoms with van der Waals surface area (Å²) >= 11 is 12.7. The van der Waals surface area contributed by atoms with Gasteiger partial charge in [-0.15, -0.1) is 0 Å². The summed E-state index contributed by atoms with van der Waals surface area (Å²) < 4.78 is 16.2. The molecule has 1 N–H and O–H groups in total. The molecule has 33 heavy (non-hydrogen) atoms. The number of nitrogens with zero attached hydrogens (tertiary/aromatic N) is 1. The van der Waals surface area contributed by atoms with E-state index in [1.54, 1.807) is 43.3 Å². The van der Waals surface area contributed by atoms with Gasteiger partial charge < -0.3 is 24.4 Å². The van der Waals surface area contributed by atoms with Crippen molar-refractivity contribution in [1.82, 2.24) is 10.2 Å². The molecule has 2 aromatic carbocycles. The average Bonchev–Trinajstić information content (AvgIpc) is 2.75. The summed E-state index contributed by atoms with van der Waals surface area (Å²) in [6.07, 6.45) is 0. The Labute approximate surface area is 204 Å². The SMILES string of the molecule is COc1cc(OC)cc(OCC(=O)N(Cc2c(Cl)cccc2Cl)[C@H](C)C(=O)NC(C)(C)C)c1. The highest BCUT2D eigenvalue weighted by molar-refractivity contribution is 6.36. The van der Waals surface area contributed by atoms with E-state index in [0.717, 1.165) is 0 Å². The van der Waals surface area contributed by atoms with E-state index in [2.05, 4.69) is 5.32 Å². The number of carbonyl (C=O) groups is 2. The molecular formula is C24H30Cl2N2O5. The Morgan fingerprint density at radius 2 is 1.52 bits per heavy atom. The minimum absolute atomic E-state index is 0.0425. The number of hydrogen-bond acceptors (Lipinski definition) is 5. The minimum atomic E-state index is -0.799. The highest BCUT2D eigenvalue weighted by Crippen LogP contribution is 2.29. The van der Waals surface area contributed by atoms with Crippen LogP contribution in [0.1, 0.15) is 33.3 Å². The van der Waals surface area contributed by atoms with Crippen molar-refractivity contribution in [2.45, 2.75) is 45.8 Å². The van der Waals surface area contributed by atoms with Crippen molar-refractivity contribution in [2.75, 3.05) is 20.8 Å². The number of carbonyl (C=O) groups excluding carboxylic acids is 2. The van der Waals surface area contributed by atoms with Gasteiger partial charge in [-0.3, -0.25) is 9.59 Å². The summed E-state index contributed by atoms with van der Waals surface area (Å²) in [6.45, 7) is 6.99. The van der Waals surface area contributed by atoms with Crippen LogP contribution in [0.3, 0.4) is 0 Å². The highest BCUT2D eigenvalue weighted by atomic mass is 35.5. The maximum atomic E-state index is 13.2. The Balaban J connectivity index is 2.28. The molecule has 2 aromatic rings. The minimum Gasteiger partial charge on any atom is -0.496 e. The van der Waals surface area contributed by atoms with Crippen molar-refractivity contribution in [3.63, 3.8) is 0 Å². The predicted molar refractivity (Wildman–Crippen MR) is 129 cm³/mol. The third-order valence-electron chi connectivity index (χ3n) is 4.74. The van der Waals surface area contributed by atoms with Gasteiger partial charge in [-0.05, 0) is 39.8 Å². The van der Waals surface area contributed by atoms with Crippen molar-refractivity contribution in [2.24, 2.45) is 0 Å². The van der Waals surface area contributed by atoms with Gasteiger partial charge in [0.2, 0.25) is 5.91 Å². The van der Waals surface area contributed by atoms with Gasteiger partial charge in [-0.25, -0.2) is 0 Å². The topological polar surface area (TPSA) is 77.1 Å². The van der Waals surface area contributed by atoms with E-state index < -0.39 is 17.5 Å². The number of amides is 2.